The van der Waals surface area contributed by atoms with Crippen molar-refractivity contribution in [2.75, 3.05) is 18.6 Å². The molecule has 0 spiro atoms. The molecule has 0 radical (unpaired) electrons. The quantitative estimate of drug-likeness (QED) is 0.770. The zero-order valence-corrected chi connectivity index (χ0v) is 17.3. The number of benzene rings is 2. The molecule has 1 fully saturated rings. The Morgan fingerprint density at radius 3 is 2.46 bits per heavy atom. The summed E-state index contributed by atoms with van der Waals surface area (Å²) in [5.74, 6) is 0.461. The molecule has 0 unspecified atom stereocenters. The summed E-state index contributed by atoms with van der Waals surface area (Å²) in [4.78, 5) is 13.8. The van der Waals surface area contributed by atoms with Crippen LogP contribution in [-0.2, 0) is 21.2 Å². The summed E-state index contributed by atoms with van der Waals surface area (Å²) < 4.78 is 33.9. The monoisotopic (exact) mass is 402 g/mol. The van der Waals surface area contributed by atoms with Gasteiger partial charge >= 0.3 is 0 Å². The van der Waals surface area contributed by atoms with Gasteiger partial charge in [-0.2, -0.15) is 0 Å². The zero-order valence-electron chi connectivity index (χ0n) is 16.4. The molecule has 28 heavy (non-hydrogen) atoms. The lowest BCUT2D eigenvalue weighted by Gasteiger charge is -2.21. The number of ether oxygens (including phenoxy) is 1. The first kappa shape index (κ1) is 20.4. The minimum Gasteiger partial charge on any atom is -0.495 e. The van der Waals surface area contributed by atoms with Gasteiger partial charge in [0.05, 0.1) is 17.7 Å². The predicted octanol–water partition coefficient (Wildman–Crippen LogP) is 3.42. The van der Waals surface area contributed by atoms with E-state index in [9.17, 15) is 13.2 Å². The molecular formula is C21H26N2O4S. The Morgan fingerprint density at radius 2 is 1.89 bits per heavy atom. The molecule has 1 heterocycles. The van der Waals surface area contributed by atoms with E-state index in [1.165, 1.54) is 24.8 Å². The second kappa shape index (κ2) is 8.32. The van der Waals surface area contributed by atoms with Gasteiger partial charge in [-0.15, -0.1) is 0 Å². The van der Waals surface area contributed by atoms with Gasteiger partial charge in [-0.1, -0.05) is 31.2 Å². The molecule has 1 aliphatic heterocycles. The van der Waals surface area contributed by atoms with Gasteiger partial charge in [0.15, 0.2) is 0 Å². The number of nitrogens with one attached hydrogen (secondary N) is 1. The maximum Gasteiger partial charge on any atom is 0.241 e. The van der Waals surface area contributed by atoms with Crippen molar-refractivity contribution < 1.29 is 17.9 Å². The van der Waals surface area contributed by atoms with Gasteiger partial charge in [-0.3, -0.25) is 4.79 Å². The van der Waals surface area contributed by atoms with Crippen LogP contribution in [0.4, 0.5) is 5.69 Å². The number of rotatable bonds is 7. The molecule has 0 aliphatic carbocycles. The van der Waals surface area contributed by atoms with E-state index in [0.29, 0.717) is 24.4 Å². The molecule has 0 saturated carbocycles. The maximum atomic E-state index is 12.9. The van der Waals surface area contributed by atoms with E-state index in [2.05, 4.69) is 11.6 Å². The fraction of sp³-hybridized carbons (Fsp3) is 0.381. The summed E-state index contributed by atoms with van der Waals surface area (Å²) >= 11 is 0. The molecule has 0 aromatic heterocycles. The highest BCUT2D eigenvalue weighted by Crippen LogP contribution is 2.34. The molecule has 1 atom stereocenters. The minimum absolute atomic E-state index is 0.0230. The van der Waals surface area contributed by atoms with Crippen molar-refractivity contribution in [3.8, 4) is 5.75 Å². The molecule has 1 N–H and O–H groups in total. The average molecular weight is 403 g/mol. The Kier molecular flexibility index (Phi) is 6.05. The van der Waals surface area contributed by atoms with Gasteiger partial charge in [0.25, 0.3) is 0 Å². The molecule has 2 aromatic rings. The first-order chi connectivity index (χ1) is 13.4. The van der Waals surface area contributed by atoms with E-state index in [-0.39, 0.29) is 16.8 Å². The molecule has 2 aromatic carbocycles. The van der Waals surface area contributed by atoms with Gasteiger partial charge in [0, 0.05) is 19.0 Å². The molecule has 3 rings (SSSR count). The Morgan fingerprint density at radius 1 is 1.18 bits per heavy atom. The van der Waals surface area contributed by atoms with E-state index in [4.69, 9.17) is 4.74 Å². The fourth-order valence-electron chi connectivity index (χ4n) is 3.36. The minimum atomic E-state index is -3.76. The summed E-state index contributed by atoms with van der Waals surface area (Å²) in [6.07, 6.45) is 2.15. The van der Waals surface area contributed by atoms with Crippen LogP contribution in [0.15, 0.2) is 47.4 Å². The summed E-state index contributed by atoms with van der Waals surface area (Å²) in [6.45, 7) is 4.45. The summed E-state index contributed by atoms with van der Waals surface area (Å²) in [5, 5.41) is 0. The van der Waals surface area contributed by atoms with Gasteiger partial charge < -0.3 is 9.64 Å². The van der Waals surface area contributed by atoms with Gasteiger partial charge in [0.1, 0.15) is 5.75 Å². The predicted molar refractivity (Wildman–Crippen MR) is 109 cm³/mol. The number of hydrogen-bond acceptors (Lipinski definition) is 4. The van der Waals surface area contributed by atoms with Crippen LogP contribution in [0.25, 0.3) is 0 Å². The molecule has 1 aliphatic rings. The lowest BCUT2D eigenvalue weighted by atomic mass is 10.1. The summed E-state index contributed by atoms with van der Waals surface area (Å²) in [5.41, 5.74) is 2.59. The van der Waals surface area contributed by atoms with E-state index < -0.39 is 10.0 Å². The maximum absolute atomic E-state index is 12.9. The highest BCUT2D eigenvalue weighted by molar-refractivity contribution is 7.89. The van der Waals surface area contributed by atoms with Crippen LogP contribution in [-0.4, -0.2) is 28.0 Å². The van der Waals surface area contributed by atoms with Gasteiger partial charge in [0.2, 0.25) is 15.9 Å². The fourth-order valence-corrected chi connectivity index (χ4v) is 4.61. The van der Waals surface area contributed by atoms with Crippen LogP contribution in [0, 0.1) is 0 Å². The number of aryl methyl sites for hydroxylation is 1. The van der Waals surface area contributed by atoms with E-state index >= 15 is 0 Å². The van der Waals surface area contributed by atoms with E-state index in [0.717, 1.165) is 18.4 Å². The number of sulfonamides is 1. The molecular weight excluding hydrogens is 376 g/mol. The Hall–Kier alpha value is -2.38. The van der Waals surface area contributed by atoms with Gasteiger partial charge in [-0.25, -0.2) is 13.1 Å². The third kappa shape index (κ3) is 4.20. The van der Waals surface area contributed by atoms with E-state index in [1.807, 2.05) is 31.2 Å². The number of nitrogens with zero attached hydrogens (tertiary/aromatic N) is 1. The normalized spacial score (nSPS) is 15.7. The zero-order chi connectivity index (χ0) is 20.3. The first-order valence-corrected chi connectivity index (χ1v) is 10.9. The second-order valence-corrected chi connectivity index (χ2v) is 8.63. The van der Waals surface area contributed by atoms with Crippen molar-refractivity contribution >= 4 is 21.6 Å². The summed E-state index contributed by atoms with van der Waals surface area (Å²) in [7, 11) is -2.25. The molecule has 6 nitrogen and oxygen atoms in total. The first-order valence-electron chi connectivity index (χ1n) is 9.45. The van der Waals surface area contributed by atoms with Crippen molar-refractivity contribution in [3.63, 3.8) is 0 Å². The van der Waals surface area contributed by atoms with Crippen LogP contribution >= 0.6 is 0 Å². The van der Waals surface area contributed by atoms with Crippen LogP contribution in [0.5, 0.6) is 5.75 Å². The second-order valence-electron chi connectivity index (χ2n) is 6.92. The van der Waals surface area contributed by atoms with Crippen molar-refractivity contribution in [1.82, 2.24) is 4.72 Å². The Balaban J connectivity index is 1.87. The third-order valence-corrected chi connectivity index (χ3v) is 6.58. The van der Waals surface area contributed by atoms with Gasteiger partial charge in [-0.05, 0) is 49.1 Å². The lowest BCUT2D eigenvalue weighted by Crippen LogP contribution is -2.28. The highest BCUT2D eigenvalue weighted by Gasteiger charge is 2.27. The number of amides is 1. The third-order valence-electron chi connectivity index (χ3n) is 5.04. The molecule has 1 amide bonds. The Bertz CT molecular complexity index is 955. The van der Waals surface area contributed by atoms with Crippen molar-refractivity contribution in [1.29, 1.82) is 0 Å². The van der Waals surface area contributed by atoms with Crippen LogP contribution < -0.4 is 14.4 Å². The highest BCUT2D eigenvalue weighted by atomic mass is 32.2. The summed E-state index contributed by atoms with van der Waals surface area (Å²) in [6, 6.07) is 12.1. The van der Waals surface area contributed by atoms with Crippen molar-refractivity contribution in [3.05, 3.63) is 53.6 Å². The Labute approximate surface area is 166 Å². The van der Waals surface area contributed by atoms with Crippen LogP contribution in [0.2, 0.25) is 0 Å². The number of hydrogen-bond donors (Lipinski definition) is 1. The van der Waals surface area contributed by atoms with Crippen LogP contribution in [0.3, 0.4) is 0 Å². The van der Waals surface area contributed by atoms with E-state index in [1.54, 1.807) is 11.0 Å². The smallest absolute Gasteiger partial charge is 0.241 e. The van der Waals surface area contributed by atoms with Crippen molar-refractivity contribution in [2.24, 2.45) is 0 Å². The number of methoxy groups -OCH3 is 1. The number of carbonyl (C=O) groups is 1. The number of carbonyl (C=O) groups excluding carboxylic acids is 1. The lowest BCUT2D eigenvalue weighted by molar-refractivity contribution is -0.117. The molecule has 150 valence electrons. The molecule has 1 saturated heterocycles. The average Bonchev–Trinajstić information content (AvgIpc) is 3.12. The molecule has 7 heteroatoms. The standard InChI is InChI=1S/C21H26N2O4S/c1-4-16-7-9-17(10-8-16)15(2)22-28(25,26)18-11-12-20(27-3)19(14-18)23-13-5-6-21(23)24/h7-12,14-15,22H,4-6,13H2,1-3H3/t15-/m0/s1. The molecule has 0 bridgehead atoms. The largest absolute Gasteiger partial charge is 0.495 e. The van der Waals surface area contributed by atoms with Crippen molar-refractivity contribution in [2.45, 2.75) is 44.0 Å². The SMILES string of the molecule is CCc1ccc([C@H](C)NS(=O)(=O)c2ccc(OC)c(N3CCCC3=O)c2)cc1. The number of anilines is 1. The van der Waals surface area contributed by atoms with Crippen LogP contribution in [0.1, 0.15) is 43.9 Å². The topological polar surface area (TPSA) is 75.7 Å².